The van der Waals surface area contributed by atoms with Gasteiger partial charge in [0.05, 0.1) is 25.5 Å². The summed E-state index contributed by atoms with van der Waals surface area (Å²) in [5.74, 6) is 0. The van der Waals surface area contributed by atoms with Crippen molar-refractivity contribution in [1.29, 1.82) is 0 Å². The van der Waals surface area contributed by atoms with Gasteiger partial charge in [0.2, 0.25) is 10.0 Å². The maximum Gasteiger partial charge on any atom is 0.246 e. The molecule has 122 valence electrons. The lowest BCUT2D eigenvalue weighted by Gasteiger charge is -2.16. The van der Waals surface area contributed by atoms with Crippen molar-refractivity contribution in [3.63, 3.8) is 0 Å². The monoisotopic (exact) mass is 318 g/mol. The molecule has 1 aromatic heterocycles. The normalized spacial score (nSPS) is 12.5. The Morgan fingerprint density at radius 2 is 2.19 bits per heavy atom. The van der Waals surface area contributed by atoms with Crippen molar-refractivity contribution in [2.75, 3.05) is 33.3 Å². The first kappa shape index (κ1) is 18.1. The Balaban J connectivity index is 2.60. The molecule has 0 bridgehead atoms. The fourth-order valence-electron chi connectivity index (χ4n) is 1.69. The number of nitrogens with one attached hydrogen (secondary N) is 1. The number of rotatable bonds is 10. The summed E-state index contributed by atoms with van der Waals surface area (Å²) in [5.41, 5.74) is 0. The zero-order chi connectivity index (χ0) is 15.9. The molecule has 0 aliphatic heterocycles. The molecule has 0 atom stereocenters. The molecule has 8 heteroatoms. The second kappa shape index (κ2) is 8.47. The average molecular weight is 318 g/mol. The van der Waals surface area contributed by atoms with Gasteiger partial charge in [-0.15, -0.1) is 0 Å². The Bertz CT molecular complexity index is 513. The van der Waals surface area contributed by atoms with Gasteiger partial charge in [-0.1, -0.05) is 6.92 Å². The number of aromatic nitrogens is 2. The van der Waals surface area contributed by atoms with Crippen molar-refractivity contribution in [2.24, 2.45) is 0 Å². The highest BCUT2D eigenvalue weighted by Crippen LogP contribution is 2.12. The van der Waals surface area contributed by atoms with Crippen LogP contribution in [0.4, 0.5) is 0 Å². The van der Waals surface area contributed by atoms with Crippen molar-refractivity contribution < 1.29 is 13.2 Å². The van der Waals surface area contributed by atoms with Crippen LogP contribution >= 0.6 is 0 Å². The van der Waals surface area contributed by atoms with Crippen LogP contribution in [0, 0.1) is 0 Å². The standard InChI is InChI=1S/C13H26N4O3S/c1-5-14-6-7-17-11-13(10-15-17)21(18,19)16(4)8-9-20-12(2)3/h10-12,14H,5-9H2,1-4H3. The quantitative estimate of drug-likeness (QED) is 0.637. The first-order chi connectivity index (χ1) is 9.87. The van der Waals surface area contributed by atoms with Gasteiger partial charge in [0, 0.05) is 26.3 Å². The third kappa shape index (κ3) is 5.74. The van der Waals surface area contributed by atoms with E-state index in [1.807, 2.05) is 20.8 Å². The number of likely N-dealkylation sites (N-methyl/N-ethyl adjacent to an activating group) is 2. The second-order valence-corrected chi connectivity index (χ2v) is 7.08. The largest absolute Gasteiger partial charge is 0.377 e. The van der Waals surface area contributed by atoms with E-state index in [2.05, 4.69) is 10.4 Å². The summed E-state index contributed by atoms with van der Waals surface area (Å²) in [5, 5.41) is 7.25. The number of ether oxygens (including phenoxy) is 1. The van der Waals surface area contributed by atoms with E-state index < -0.39 is 10.0 Å². The molecule has 0 radical (unpaired) electrons. The topological polar surface area (TPSA) is 76.5 Å². The van der Waals surface area contributed by atoms with Crippen LogP contribution in [0.5, 0.6) is 0 Å². The molecule has 7 nitrogen and oxygen atoms in total. The molecular formula is C13H26N4O3S. The van der Waals surface area contributed by atoms with Gasteiger partial charge in [-0.3, -0.25) is 4.68 Å². The third-order valence-corrected chi connectivity index (χ3v) is 4.75. The number of hydrogen-bond acceptors (Lipinski definition) is 5. The van der Waals surface area contributed by atoms with Gasteiger partial charge < -0.3 is 10.1 Å². The van der Waals surface area contributed by atoms with E-state index in [0.29, 0.717) is 19.7 Å². The van der Waals surface area contributed by atoms with Crippen LogP contribution in [-0.4, -0.2) is 61.9 Å². The molecule has 0 saturated heterocycles. The Morgan fingerprint density at radius 3 is 2.81 bits per heavy atom. The van der Waals surface area contributed by atoms with Gasteiger partial charge in [0.15, 0.2) is 0 Å². The minimum absolute atomic E-state index is 0.0925. The van der Waals surface area contributed by atoms with Gasteiger partial charge in [-0.2, -0.15) is 9.40 Å². The van der Waals surface area contributed by atoms with Crippen LogP contribution < -0.4 is 5.32 Å². The van der Waals surface area contributed by atoms with Crippen LogP contribution in [0.1, 0.15) is 20.8 Å². The molecule has 0 fully saturated rings. The molecule has 21 heavy (non-hydrogen) atoms. The smallest absolute Gasteiger partial charge is 0.246 e. The fourth-order valence-corrected chi connectivity index (χ4v) is 2.80. The minimum Gasteiger partial charge on any atom is -0.377 e. The molecule has 0 saturated carbocycles. The van der Waals surface area contributed by atoms with E-state index in [-0.39, 0.29) is 11.0 Å². The summed E-state index contributed by atoms with van der Waals surface area (Å²) in [6, 6.07) is 0. The predicted molar refractivity (Wildman–Crippen MR) is 81.7 cm³/mol. The Hall–Kier alpha value is -0.960. The molecule has 1 heterocycles. The summed E-state index contributed by atoms with van der Waals surface area (Å²) in [7, 11) is -1.95. The van der Waals surface area contributed by atoms with E-state index >= 15 is 0 Å². The molecule has 0 spiro atoms. The number of sulfonamides is 1. The van der Waals surface area contributed by atoms with Crippen LogP contribution in [0.25, 0.3) is 0 Å². The lowest BCUT2D eigenvalue weighted by molar-refractivity contribution is 0.0737. The van der Waals surface area contributed by atoms with Gasteiger partial charge >= 0.3 is 0 Å². The number of nitrogens with zero attached hydrogens (tertiary/aromatic N) is 3. The molecule has 1 N–H and O–H groups in total. The molecule has 0 aliphatic rings. The van der Waals surface area contributed by atoms with Gasteiger partial charge in [0.25, 0.3) is 0 Å². The number of hydrogen-bond donors (Lipinski definition) is 1. The highest BCUT2D eigenvalue weighted by Gasteiger charge is 2.22. The highest BCUT2D eigenvalue weighted by atomic mass is 32.2. The lowest BCUT2D eigenvalue weighted by atomic mass is 10.5. The second-order valence-electron chi connectivity index (χ2n) is 5.04. The van der Waals surface area contributed by atoms with E-state index in [0.717, 1.165) is 13.1 Å². The van der Waals surface area contributed by atoms with Crippen LogP contribution in [-0.2, 0) is 21.3 Å². The van der Waals surface area contributed by atoms with Crippen molar-refractivity contribution >= 4 is 10.0 Å². The van der Waals surface area contributed by atoms with E-state index in [1.165, 1.54) is 10.5 Å². The molecule has 0 aromatic carbocycles. The Labute approximate surface area is 127 Å². The lowest BCUT2D eigenvalue weighted by Crippen LogP contribution is -2.30. The van der Waals surface area contributed by atoms with E-state index in [1.54, 1.807) is 17.9 Å². The van der Waals surface area contributed by atoms with Crippen molar-refractivity contribution in [1.82, 2.24) is 19.4 Å². The third-order valence-electron chi connectivity index (χ3n) is 2.94. The first-order valence-corrected chi connectivity index (χ1v) is 8.63. The summed E-state index contributed by atoms with van der Waals surface area (Å²) in [6.45, 7) is 8.84. The molecular weight excluding hydrogens is 292 g/mol. The molecule has 0 unspecified atom stereocenters. The summed E-state index contributed by atoms with van der Waals surface area (Å²) in [6.07, 6.45) is 3.04. The Kier molecular flexibility index (Phi) is 7.30. The van der Waals surface area contributed by atoms with Gasteiger partial charge in [0.1, 0.15) is 4.90 Å². The van der Waals surface area contributed by atoms with Crippen molar-refractivity contribution in [3.05, 3.63) is 12.4 Å². The molecule has 1 rings (SSSR count). The van der Waals surface area contributed by atoms with Crippen LogP contribution in [0.3, 0.4) is 0 Å². The van der Waals surface area contributed by atoms with Crippen molar-refractivity contribution in [2.45, 2.75) is 38.3 Å². The average Bonchev–Trinajstić information content (AvgIpc) is 2.88. The van der Waals surface area contributed by atoms with E-state index in [9.17, 15) is 8.42 Å². The minimum atomic E-state index is -3.50. The predicted octanol–water partition coefficient (Wildman–Crippen LogP) is 0.538. The van der Waals surface area contributed by atoms with Gasteiger partial charge in [-0.05, 0) is 20.4 Å². The molecule has 0 amide bonds. The van der Waals surface area contributed by atoms with Crippen molar-refractivity contribution in [3.8, 4) is 0 Å². The fraction of sp³-hybridized carbons (Fsp3) is 0.769. The maximum atomic E-state index is 12.4. The zero-order valence-corrected chi connectivity index (χ0v) is 14.1. The van der Waals surface area contributed by atoms with E-state index in [4.69, 9.17) is 4.74 Å². The highest BCUT2D eigenvalue weighted by molar-refractivity contribution is 7.89. The first-order valence-electron chi connectivity index (χ1n) is 7.19. The zero-order valence-electron chi connectivity index (χ0n) is 13.2. The summed E-state index contributed by atoms with van der Waals surface area (Å²) >= 11 is 0. The SMILES string of the molecule is CCNCCn1cc(S(=O)(=O)N(C)CCOC(C)C)cn1. The van der Waals surface area contributed by atoms with Gasteiger partial charge in [-0.25, -0.2) is 8.42 Å². The van der Waals surface area contributed by atoms with Crippen LogP contribution in [0.15, 0.2) is 17.3 Å². The molecule has 0 aliphatic carbocycles. The molecule has 1 aromatic rings. The Morgan fingerprint density at radius 1 is 1.48 bits per heavy atom. The maximum absolute atomic E-state index is 12.4. The summed E-state index contributed by atoms with van der Waals surface area (Å²) in [4.78, 5) is 0.214. The summed E-state index contributed by atoms with van der Waals surface area (Å²) < 4.78 is 33.0. The van der Waals surface area contributed by atoms with Crippen LogP contribution in [0.2, 0.25) is 0 Å².